The largest absolute Gasteiger partial charge is 0.408 e. The van der Waals surface area contributed by atoms with E-state index in [1.807, 2.05) is 0 Å². The molecule has 0 radical (unpaired) electrons. The van der Waals surface area contributed by atoms with Gasteiger partial charge in [0, 0.05) is 24.3 Å². The lowest BCUT2D eigenvalue weighted by Crippen LogP contribution is -2.38. The summed E-state index contributed by atoms with van der Waals surface area (Å²) in [5, 5.41) is -0.318. The third-order valence-electron chi connectivity index (χ3n) is 3.82. The van der Waals surface area contributed by atoms with Crippen LogP contribution >= 0.6 is 11.6 Å². The van der Waals surface area contributed by atoms with Crippen LogP contribution in [0, 0.1) is 0 Å². The van der Waals surface area contributed by atoms with E-state index in [4.69, 9.17) is 11.6 Å². The normalized spacial score (nSPS) is 13.8. The fourth-order valence-electron chi connectivity index (χ4n) is 2.47. The number of aromatic nitrogens is 3. The zero-order valence-electron chi connectivity index (χ0n) is 13.6. The Morgan fingerprint density at radius 1 is 1.19 bits per heavy atom. The molecular formula is C15H12ClF3N4O3S. The lowest BCUT2D eigenvalue weighted by molar-refractivity contribution is -0.153. The minimum absolute atomic E-state index is 0.0297. The first-order valence-corrected chi connectivity index (χ1v) is 9.24. The summed E-state index contributed by atoms with van der Waals surface area (Å²) in [6.45, 7) is 0. The van der Waals surface area contributed by atoms with Gasteiger partial charge in [0.25, 0.3) is 15.6 Å². The standard InChI is InChI=1S/C15H12ClF3N4O3S/c1-22-11(24)6-7-23-12(8-20-14(22)23)27(25,26)21-13(15(17,18)19)9-2-4-10(16)5-3-9/h2-8,13,21H,1H3/t13-/m1/s1. The number of aryl methyl sites for hydroxylation is 1. The van der Waals surface area contributed by atoms with Gasteiger partial charge in [-0.15, -0.1) is 0 Å². The van der Waals surface area contributed by atoms with Crippen molar-refractivity contribution in [2.45, 2.75) is 17.2 Å². The van der Waals surface area contributed by atoms with E-state index in [-0.39, 0.29) is 16.4 Å². The molecular weight excluding hydrogens is 409 g/mol. The Kier molecular flexibility index (Phi) is 4.78. The van der Waals surface area contributed by atoms with Crippen molar-refractivity contribution in [1.29, 1.82) is 0 Å². The SMILES string of the molecule is Cn1c(=O)ccn2c(S(=O)(=O)N[C@H](c3ccc(Cl)cc3)C(F)(F)F)cnc12. The molecule has 27 heavy (non-hydrogen) atoms. The van der Waals surface area contributed by atoms with Crippen LogP contribution in [0.4, 0.5) is 13.2 Å². The first-order chi connectivity index (χ1) is 12.5. The maximum atomic E-state index is 13.5. The van der Waals surface area contributed by atoms with Crippen molar-refractivity contribution in [1.82, 2.24) is 18.7 Å². The van der Waals surface area contributed by atoms with Crippen LogP contribution in [0.5, 0.6) is 0 Å². The molecule has 0 spiro atoms. The van der Waals surface area contributed by atoms with Crippen LogP contribution in [-0.2, 0) is 17.1 Å². The smallest absolute Gasteiger partial charge is 0.281 e. The van der Waals surface area contributed by atoms with E-state index in [1.54, 1.807) is 4.72 Å². The summed E-state index contributed by atoms with van der Waals surface area (Å²) in [4.78, 5) is 15.4. The Hall–Kier alpha value is -2.37. The molecule has 1 atom stereocenters. The van der Waals surface area contributed by atoms with E-state index < -0.39 is 32.8 Å². The second kappa shape index (κ2) is 6.66. The number of halogens is 4. The summed E-state index contributed by atoms with van der Waals surface area (Å²) >= 11 is 5.68. The lowest BCUT2D eigenvalue weighted by Gasteiger charge is -2.22. The van der Waals surface area contributed by atoms with E-state index in [0.29, 0.717) is 0 Å². The van der Waals surface area contributed by atoms with E-state index in [0.717, 1.165) is 39.6 Å². The van der Waals surface area contributed by atoms with Crippen LogP contribution in [0.2, 0.25) is 5.02 Å². The zero-order valence-corrected chi connectivity index (χ0v) is 15.2. The van der Waals surface area contributed by atoms with Gasteiger partial charge in [0.05, 0.1) is 6.20 Å². The van der Waals surface area contributed by atoms with Crippen LogP contribution in [0.3, 0.4) is 0 Å². The van der Waals surface area contributed by atoms with Gasteiger partial charge in [0.1, 0.15) is 6.04 Å². The Balaban J connectivity index is 2.07. The molecule has 0 saturated carbocycles. The van der Waals surface area contributed by atoms with Gasteiger partial charge in [-0.1, -0.05) is 23.7 Å². The third-order valence-corrected chi connectivity index (χ3v) is 5.47. The average molecular weight is 421 g/mol. The summed E-state index contributed by atoms with van der Waals surface area (Å²) in [5.41, 5.74) is -0.768. The molecule has 0 aliphatic carbocycles. The molecule has 1 aromatic carbocycles. The van der Waals surface area contributed by atoms with Crippen LogP contribution < -0.4 is 10.3 Å². The quantitative estimate of drug-likeness (QED) is 0.701. The van der Waals surface area contributed by atoms with Gasteiger partial charge in [-0.3, -0.25) is 13.8 Å². The van der Waals surface area contributed by atoms with Crippen molar-refractivity contribution >= 4 is 27.4 Å². The number of sulfonamides is 1. The molecule has 0 bridgehead atoms. The van der Waals surface area contributed by atoms with Crippen LogP contribution in [0.25, 0.3) is 5.78 Å². The molecule has 12 heteroatoms. The minimum atomic E-state index is -4.89. The third kappa shape index (κ3) is 3.70. The molecule has 3 rings (SSSR count). The van der Waals surface area contributed by atoms with E-state index >= 15 is 0 Å². The Bertz CT molecular complexity index is 1150. The van der Waals surface area contributed by atoms with Crippen molar-refractivity contribution in [3.8, 4) is 0 Å². The van der Waals surface area contributed by atoms with E-state index in [9.17, 15) is 26.4 Å². The number of hydrogen-bond acceptors (Lipinski definition) is 4. The number of benzene rings is 1. The van der Waals surface area contributed by atoms with Crippen molar-refractivity contribution in [3.05, 3.63) is 63.7 Å². The van der Waals surface area contributed by atoms with Crippen LogP contribution in [-0.4, -0.2) is 28.5 Å². The fraction of sp³-hybridized carbons (Fsp3) is 0.200. The highest BCUT2D eigenvalue weighted by atomic mass is 35.5. The van der Waals surface area contributed by atoms with Gasteiger partial charge < -0.3 is 0 Å². The van der Waals surface area contributed by atoms with Crippen molar-refractivity contribution in [2.75, 3.05) is 0 Å². The van der Waals surface area contributed by atoms with Gasteiger partial charge in [-0.05, 0) is 17.7 Å². The molecule has 0 aliphatic heterocycles. The molecule has 0 amide bonds. The second-order valence-corrected chi connectivity index (χ2v) is 7.72. The zero-order chi connectivity index (χ0) is 20.0. The summed E-state index contributed by atoms with van der Waals surface area (Å²) in [6, 6.07) is 3.22. The molecule has 7 nitrogen and oxygen atoms in total. The topological polar surface area (TPSA) is 85.5 Å². The highest BCUT2D eigenvalue weighted by Crippen LogP contribution is 2.34. The number of rotatable bonds is 4. The number of nitrogens with zero attached hydrogens (tertiary/aromatic N) is 3. The first kappa shape index (κ1) is 19.4. The molecule has 2 heterocycles. The fourth-order valence-corrected chi connectivity index (χ4v) is 3.89. The number of fused-ring (bicyclic) bond motifs is 1. The summed E-state index contributed by atoms with van der Waals surface area (Å²) in [5.74, 6) is -0.0297. The molecule has 3 aromatic rings. The minimum Gasteiger partial charge on any atom is -0.281 e. The Labute approximate surface area is 156 Å². The maximum Gasteiger partial charge on any atom is 0.408 e. The van der Waals surface area contributed by atoms with Gasteiger partial charge in [-0.2, -0.15) is 17.9 Å². The predicted molar refractivity (Wildman–Crippen MR) is 91.0 cm³/mol. The van der Waals surface area contributed by atoms with E-state index in [1.165, 1.54) is 19.2 Å². The summed E-state index contributed by atoms with van der Waals surface area (Å²) in [6.07, 6.45) is -2.88. The van der Waals surface area contributed by atoms with Gasteiger partial charge in [0.2, 0.25) is 5.78 Å². The average Bonchev–Trinajstić information content (AvgIpc) is 3.02. The van der Waals surface area contributed by atoms with Crippen LogP contribution in [0.15, 0.2) is 52.5 Å². The number of imidazole rings is 1. The number of nitrogens with one attached hydrogen (secondary N) is 1. The monoisotopic (exact) mass is 420 g/mol. The first-order valence-electron chi connectivity index (χ1n) is 7.38. The number of hydrogen-bond donors (Lipinski definition) is 1. The van der Waals surface area contributed by atoms with Gasteiger partial charge >= 0.3 is 6.18 Å². The molecule has 2 aromatic heterocycles. The molecule has 0 fully saturated rings. The van der Waals surface area contributed by atoms with Gasteiger partial charge in [0.15, 0.2) is 5.03 Å². The highest BCUT2D eigenvalue weighted by Gasteiger charge is 2.44. The highest BCUT2D eigenvalue weighted by molar-refractivity contribution is 7.89. The molecule has 1 N–H and O–H groups in total. The Morgan fingerprint density at radius 3 is 2.41 bits per heavy atom. The molecule has 144 valence electrons. The summed E-state index contributed by atoms with van der Waals surface area (Å²) in [7, 11) is -3.27. The predicted octanol–water partition coefficient (Wildman–Crippen LogP) is 2.27. The van der Waals surface area contributed by atoms with E-state index in [2.05, 4.69) is 4.98 Å². The van der Waals surface area contributed by atoms with Crippen molar-refractivity contribution in [2.24, 2.45) is 7.05 Å². The van der Waals surface area contributed by atoms with Crippen LogP contribution in [0.1, 0.15) is 11.6 Å². The van der Waals surface area contributed by atoms with Gasteiger partial charge in [-0.25, -0.2) is 13.4 Å². The lowest BCUT2D eigenvalue weighted by atomic mass is 10.1. The summed E-state index contributed by atoms with van der Waals surface area (Å²) < 4.78 is 69.4. The maximum absolute atomic E-state index is 13.5. The molecule has 0 aliphatic rings. The molecule has 0 unspecified atom stereocenters. The Morgan fingerprint density at radius 2 is 1.81 bits per heavy atom. The number of alkyl halides is 3. The molecule has 0 saturated heterocycles. The second-order valence-electron chi connectivity index (χ2n) is 5.63. The van der Waals surface area contributed by atoms with Crippen molar-refractivity contribution < 1.29 is 21.6 Å². The van der Waals surface area contributed by atoms with Crippen molar-refractivity contribution in [3.63, 3.8) is 0 Å².